The summed E-state index contributed by atoms with van der Waals surface area (Å²) >= 11 is 0. The van der Waals surface area contributed by atoms with Crippen molar-refractivity contribution in [3.63, 3.8) is 0 Å². The topological polar surface area (TPSA) is 89.9 Å². The summed E-state index contributed by atoms with van der Waals surface area (Å²) in [5.74, 6) is -0.560. The highest BCUT2D eigenvalue weighted by atomic mass is 32.2. The number of fused-ring (bicyclic) bond motifs is 1. The average molecular weight is 464 g/mol. The summed E-state index contributed by atoms with van der Waals surface area (Å²) in [6, 6.07) is 9.05. The molecule has 0 saturated heterocycles. The summed E-state index contributed by atoms with van der Waals surface area (Å²) < 4.78 is 70.5. The summed E-state index contributed by atoms with van der Waals surface area (Å²) in [6.07, 6.45) is 0.499. The molecule has 4 rings (SSSR count). The number of sulfone groups is 1. The van der Waals surface area contributed by atoms with Gasteiger partial charge in [0, 0.05) is 35.4 Å². The molecule has 0 saturated carbocycles. The number of halogens is 3. The van der Waals surface area contributed by atoms with Gasteiger partial charge in [-0.25, -0.2) is 13.4 Å². The van der Waals surface area contributed by atoms with Crippen LogP contribution in [0.5, 0.6) is 5.75 Å². The summed E-state index contributed by atoms with van der Waals surface area (Å²) in [5.41, 5.74) is 2.56. The van der Waals surface area contributed by atoms with E-state index in [0.29, 0.717) is 16.6 Å². The van der Waals surface area contributed by atoms with Crippen LogP contribution in [0.25, 0.3) is 16.7 Å². The standard InChI is InChI=1S/C21H19F3N4O3S/c1-13-10-25-18(14(2)19(13)31-12-21(22,23)24)11-32(29,30)20-26-16-6-5-15(9-17(16)27-20)28-7-3-4-8-28/h3-10H,11-12H2,1-2H3,(H,26,27). The van der Waals surface area contributed by atoms with E-state index < -0.39 is 28.4 Å². The number of rotatable bonds is 6. The summed E-state index contributed by atoms with van der Waals surface area (Å²) in [5, 5.41) is -0.239. The van der Waals surface area contributed by atoms with E-state index in [4.69, 9.17) is 4.74 Å². The van der Waals surface area contributed by atoms with Crippen LogP contribution in [0.15, 0.2) is 54.1 Å². The number of ether oxygens (including phenoxy) is 1. The molecule has 0 atom stereocenters. The molecule has 0 aliphatic heterocycles. The maximum absolute atomic E-state index is 13.0. The Morgan fingerprint density at radius 3 is 2.56 bits per heavy atom. The Hall–Kier alpha value is -3.34. The number of hydrogen-bond acceptors (Lipinski definition) is 5. The molecule has 0 spiro atoms. The van der Waals surface area contributed by atoms with Gasteiger partial charge in [0.15, 0.2) is 6.61 Å². The minimum atomic E-state index is -4.51. The SMILES string of the molecule is Cc1cnc(CS(=O)(=O)c2nc3cc(-n4cccc4)ccc3[nH]2)c(C)c1OCC(F)(F)F. The molecule has 32 heavy (non-hydrogen) atoms. The van der Waals surface area contributed by atoms with Crippen LogP contribution in [-0.2, 0) is 15.6 Å². The van der Waals surface area contributed by atoms with Crippen LogP contribution in [0.1, 0.15) is 16.8 Å². The van der Waals surface area contributed by atoms with Gasteiger partial charge in [0.25, 0.3) is 0 Å². The van der Waals surface area contributed by atoms with Crippen molar-refractivity contribution in [2.24, 2.45) is 0 Å². The first-order chi connectivity index (χ1) is 15.0. The number of nitrogens with one attached hydrogen (secondary N) is 1. The van der Waals surface area contributed by atoms with E-state index in [0.717, 1.165) is 5.69 Å². The molecule has 7 nitrogen and oxygen atoms in total. The molecule has 4 aromatic rings. The van der Waals surface area contributed by atoms with E-state index in [9.17, 15) is 21.6 Å². The molecule has 0 aliphatic carbocycles. The Bertz CT molecular complexity index is 1380. The van der Waals surface area contributed by atoms with Gasteiger partial charge in [-0.1, -0.05) is 0 Å². The van der Waals surface area contributed by atoms with E-state index in [-0.39, 0.29) is 22.2 Å². The monoisotopic (exact) mass is 464 g/mol. The van der Waals surface area contributed by atoms with E-state index in [1.165, 1.54) is 13.1 Å². The molecule has 0 aliphatic rings. The van der Waals surface area contributed by atoms with Gasteiger partial charge in [-0.15, -0.1) is 0 Å². The summed E-state index contributed by atoms with van der Waals surface area (Å²) in [4.78, 5) is 11.1. The minimum absolute atomic E-state index is 0.0245. The van der Waals surface area contributed by atoms with Crippen LogP contribution in [0, 0.1) is 13.8 Å². The van der Waals surface area contributed by atoms with Gasteiger partial charge in [-0.2, -0.15) is 13.2 Å². The first-order valence-electron chi connectivity index (χ1n) is 9.54. The highest BCUT2D eigenvalue weighted by Crippen LogP contribution is 2.29. The smallest absolute Gasteiger partial charge is 0.422 e. The molecule has 3 aromatic heterocycles. The van der Waals surface area contributed by atoms with Gasteiger partial charge in [-0.3, -0.25) is 4.98 Å². The van der Waals surface area contributed by atoms with Gasteiger partial charge in [-0.05, 0) is 44.2 Å². The van der Waals surface area contributed by atoms with Crippen molar-refractivity contribution in [3.05, 3.63) is 65.7 Å². The number of imidazole rings is 1. The van der Waals surface area contributed by atoms with Crippen molar-refractivity contribution >= 4 is 20.9 Å². The first-order valence-corrected chi connectivity index (χ1v) is 11.2. The quantitative estimate of drug-likeness (QED) is 0.460. The molecular weight excluding hydrogens is 445 g/mol. The number of aryl methyl sites for hydroxylation is 1. The number of benzene rings is 1. The van der Waals surface area contributed by atoms with Crippen molar-refractivity contribution in [2.45, 2.75) is 30.9 Å². The van der Waals surface area contributed by atoms with E-state index in [1.54, 1.807) is 19.1 Å². The van der Waals surface area contributed by atoms with Crippen LogP contribution in [0.4, 0.5) is 13.2 Å². The molecule has 1 N–H and O–H groups in total. The zero-order chi connectivity index (χ0) is 23.1. The average Bonchev–Trinajstić information content (AvgIpc) is 3.38. The predicted octanol–water partition coefficient (Wildman–Crippen LogP) is 4.28. The number of aromatic nitrogens is 4. The minimum Gasteiger partial charge on any atom is -0.483 e. The fourth-order valence-corrected chi connectivity index (χ4v) is 4.60. The molecule has 168 valence electrons. The summed E-state index contributed by atoms with van der Waals surface area (Å²) in [6.45, 7) is 1.56. The largest absolute Gasteiger partial charge is 0.483 e. The first kappa shape index (κ1) is 21.9. The van der Waals surface area contributed by atoms with Gasteiger partial charge in [0.2, 0.25) is 15.0 Å². The molecule has 3 heterocycles. The van der Waals surface area contributed by atoms with Crippen LogP contribution < -0.4 is 4.74 Å². The Balaban J connectivity index is 1.64. The Morgan fingerprint density at radius 2 is 1.88 bits per heavy atom. The molecule has 0 radical (unpaired) electrons. The van der Waals surface area contributed by atoms with Crippen LogP contribution in [-0.4, -0.2) is 40.7 Å². The van der Waals surface area contributed by atoms with Crippen LogP contribution >= 0.6 is 0 Å². The lowest BCUT2D eigenvalue weighted by molar-refractivity contribution is -0.153. The highest BCUT2D eigenvalue weighted by molar-refractivity contribution is 7.90. The lowest BCUT2D eigenvalue weighted by Crippen LogP contribution is -2.20. The van der Waals surface area contributed by atoms with E-state index >= 15 is 0 Å². The Kier molecular flexibility index (Phi) is 5.45. The van der Waals surface area contributed by atoms with Gasteiger partial charge >= 0.3 is 6.18 Å². The number of H-pyrrole nitrogens is 1. The van der Waals surface area contributed by atoms with Crippen molar-refractivity contribution < 1.29 is 26.3 Å². The van der Waals surface area contributed by atoms with Gasteiger partial charge in [0.1, 0.15) is 11.5 Å². The second kappa shape index (κ2) is 7.97. The zero-order valence-corrected chi connectivity index (χ0v) is 18.0. The molecule has 0 bridgehead atoms. The second-order valence-corrected chi connectivity index (χ2v) is 9.24. The molecule has 0 fully saturated rings. The maximum Gasteiger partial charge on any atom is 0.422 e. The van der Waals surface area contributed by atoms with Crippen molar-refractivity contribution in [3.8, 4) is 11.4 Å². The van der Waals surface area contributed by atoms with Crippen molar-refractivity contribution in [1.82, 2.24) is 19.5 Å². The maximum atomic E-state index is 13.0. The second-order valence-electron chi connectivity index (χ2n) is 7.34. The number of hydrogen-bond donors (Lipinski definition) is 1. The Morgan fingerprint density at radius 1 is 1.16 bits per heavy atom. The zero-order valence-electron chi connectivity index (χ0n) is 17.1. The fourth-order valence-electron chi connectivity index (χ4n) is 3.31. The van der Waals surface area contributed by atoms with Crippen LogP contribution in [0.3, 0.4) is 0 Å². The number of aromatic amines is 1. The molecule has 11 heteroatoms. The van der Waals surface area contributed by atoms with Crippen LogP contribution in [0.2, 0.25) is 0 Å². The third kappa shape index (κ3) is 4.47. The van der Waals surface area contributed by atoms with Gasteiger partial charge < -0.3 is 14.3 Å². The lowest BCUT2D eigenvalue weighted by Gasteiger charge is -2.15. The Labute approximate surface area is 181 Å². The van der Waals surface area contributed by atoms with E-state index in [1.807, 2.05) is 35.2 Å². The normalized spacial score (nSPS) is 12.4. The number of nitrogens with zero attached hydrogens (tertiary/aromatic N) is 3. The highest BCUT2D eigenvalue weighted by Gasteiger charge is 2.30. The molecular formula is C21H19F3N4O3S. The molecule has 0 unspecified atom stereocenters. The number of alkyl halides is 3. The molecule has 1 aromatic carbocycles. The third-order valence-corrected chi connectivity index (χ3v) is 6.33. The molecule has 0 amide bonds. The lowest BCUT2D eigenvalue weighted by atomic mass is 10.1. The summed E-state index contributed by atoms with van der Waals surface area (Å²) in [7, 11) is -3.95. The van der Waals surface area contributed by atoms with E-state index in [2.05, 4.69) is 15.0 Å². The fraction of sp³-hybridized carbons (Fsp3) is 0.238. The van der Waals surface area contributed by atoms with Gasteiger partial charge in [0.05, 0.1) is 16.7 Å². The predicted molar refractivity (Wildman–Crippen MR) is 112 cm³/mol. The van der Waals surface area contributed by atoms with Crippen molar-refractivity contribution in [2.75, 3.05) is 6.61 Å². The number of pyridine rings is 1. The third-order valence-electron chi connectivity index (χ3n) is 4.89. The van der Waals surface area contributed by atoms with Crippen molar-refractivity contribution in [1.29, 1.82) is 0 Å².